The van der Waals surface area contributed by atoms with Gasteiger partial charge in [-0.3, -0.25) is 9.59 Å². The van der Waals surface area contributed by atoms with Crippen molar-refractivity contribution in [2.75, 3.05) is 26.9 Å². The van der Waals surface area contributed by atoms with Crippen molar-refractivity contribution in [1.82, 2.24) is 10.6 Å². The number of hydrogen-bond donors (Lipinski definition) is 2. The minimum atomic E-state index is -5.03. The zero-order chi connectivity index (χ0) is 38.8. The fourth-order valence-corrected chi connectivity index (χ4v) is 5.81. The molecule has 0 unspecified atom stereocenters. The van der Waals surface area contributed by atoms with E-state index in [9.17, 15) is 45.1 Å². The van der Waals surface area contributed by atoms with Gasteiger partial charge in [0.2, 0.25) is 0 Å². The van der Waals surface area contributed by atoms with Crippen LogP contribution in [0.1, 0.15) is 47.4 Å². The number of methoxy groups -OCH3 is 1. The standard InChI is InChI=1S/C36H36F8N2O7/c1-50-34(49)46-33(32(21-8-10-24(37)11-9-21)23-5-2-6-26(16-23)53-36(42,43)44)30(47)17-22-4-3-7-29(38)28(22)13-12-27-18-45-25(19-51-27)20-52-31(48)14-15-35(39,40)41/h2-11,16,25,27,32-33,45H,12-15,17-20H2,1H3,(H,46,49)/t25-,27+,32-,33+/m0/s1. The van der Waals surface area contributed by atoms with Crippen molar-refractivity contribution in [3.05, 3.63) is 101 Å². The fraction of sp³-hybridized carbons (Fsp3) is 0.417. The van der Waals surface area contributed by atoms with Gasteiger partial charge in [0, 0.05) is 18.9 Å². The Morgan fingerprint density at radius 3 is 2.32 bits per heavy atom. The molecule has 2 N–H and O–H groups in total. The van der Waals surface area contributed by atoms with Gasteiger partial charge in [-0.25, -0.2) is 13.6 Å². The number of rotatable bonds is 15. The molecular formula is C36H36F8N2O7. The summed E-state index contributed by atoms with van der Waals surface area (Å²) in [6.07, 6.45) is -13.2. The number of halogens is 8. The summed E-state index contributed by atoms with van der Waals surface area (Å²) in [6, 6.07) is 11.7. The molecule has 0 radical (unpaired) electrons. The van der Waals surface area contributed by atoms with E-state index >= 15 is 4.39 Å². The van der Waals surface area contributed by atoms with Gasteiger partial charge in [0.1, 0.15) is 30.0 Å². The Balaban J connectivity index is 1.50. The Morgan fingerprint density at radius 1 is 0.962 bits per heavy atom. The van der Waals surface area contributed by atoms with E-state index in [0.29, 0.717) is 0 Å². The zero-order valence-electron chi connectivity index (χ0n) is 28.2. The van der Waals surface area contributed by atoms with Gasteiger partial charge < -0.3 is 29.6 Å². The van der Waals surface area contributed by atoms with E-state index < -0.39 is 91.1 Å². The van der Waals surface area contributed by atoms with Crippen LogP contribution in [0.15, 0.2) is 66.7 Å². The van der Waals surface area contributed by atoms with Gasteiger partial charge in [0.15, 0.2) is 5.78 Å². The summed E-state index contributed by atoms with van der Waals surface area (Å²) in [5, 5.41) is 5.53. The van der Waals surface area contributed by atoms with E-state index in [1.807, 2.05) is 0 Å². The predicted molar refractivity (Wildman–Crippen MR) is 172 cm³/mol. The molecule has 4 atom stereocenters. The zero-order valence-corrected chi connectivity index (χ0v) is 28.2. The Labute approximate surface area is 298 Å². The Bertz CT molecular complexity index is 1690. The Morgan fingerprint density at radius 2 is 1.68 bits per heavy atom. The van der Waals surface area contributed by atoms with Crippen LogP contribution in [0.5, 0.6) is 5.75 Å². The van der Waals surface area contributed by atoms with E-state index in [1.54, 1.807) is 0 Å². The van der Waals surface area contributed by atoms with Crippen LogP contribution < -0.4 is 15.4 Å². The highest BCUT2D eigenvalue weighted by atomic mass is 19.4. The topological polar surface area (TPSA) is 112 Å². The highest BCUT2D eigenvalue weighted by Gasteiger charge is 2.36. The van der Waals surface area contributed by atoms with Crippen molar-refractivity contribution in [2.45, 2.75) is 68.7 Å². The molecule has 17 heteroatoms. The molecule has 0 spiro atoms. The lowest BCUT2D eigenvalue weighted by molar-refractivity contribution is -0.274. The molecule has 0 aromatic heterocycles. The molecular weight excluding hydrogens is 724 g/mol. The SMILES string of the molecule is COC(=O)N[C@H](C(=O)Cc1cccc(F)c1CC[C@@H]1CN[C@H](COC(=O)CCC(F)(F)F)CO1)[C@@H](c1ccc(F)cc1)c1cccc(OC(F)(F)F)c1. The number of carbonyl (C=O) groups is 3. The van der Waals surface area contributed by atoms with Crippen LogP contribution in [0.2, 0.25) is 0 Å². The maximum atomic E-state index is 15.3. The minimum Gasteiger partial charge on any atom is -0.464 e. The molecule has 1 saturated heterocycles. The molecule has 1 aliphatic heterocycles. The number of ether oxygens (including phenoxy) is 4. The van der Waals surface area contributed by atoms with Gasteiger partial charge in [-0.05, 0) is 65.4 Å². The molecule has 53 heavy (non-hydrogen) atoms. The quantitative estimate of drug-likeness (QED) is 0.130. The van der Waals surface area contributed by atoms with Crippen molar-refractivity contribution >= 4 is 17.8 Å². The Hall–Kier alpha value is -4.77. The first-order chi connectivity index (χ1) is 25.0. The number of benzene rings is 3. The lowest BCUT2D eigenvalue weighted by atomic mass is 9.81. The molecule has 1 amide bonds. The number of alkyl halides is 6. The average molecular weight is 761 g/mol. The fourth-order valence-electron chi connectivity index (χ4n) is 5.81. The second-order valence-electron chi connectivity index (χ2n) is 12.2. The summed E-state index contributed by atoms with van der Waals surface area (Å²) in [4.78, 5) is 38.3. The summed E-state index contributed by atoms with van der Waals surface area (Å²) in [5.41, 5.74) is 0.775. The number of amides is 1. The number of carbonyl (C=O) groups excluding carboxylic acids is 3. The summed E-state index contributed by atoms with van der Waals surface area (Å²) in [6.45, 7) is 0.0953. The van der Waals surface area contributed by atoms with E-state index in [2.05, 4.69) is 15.4 Å². The van der Waals surface area contributed by atoms with Gasteiger partial charge in [0.05, 0.1) is 38.7 Å². The number of morpholine rings is 1. The molecule has 1 aliphatic rings. The maximum Gasteiger partial charge on any atom is 0.573 e. The third-order valence-corrected chi connectivity index (χ3v) is 8.34. The van der Waals surface area contributed by atoms with E-state index in [0.717, 1.165) is 31.4 Å². The van der Waals surface area contributed by atoms with E-state index in [1.165, 1.54) is 42.5 Å². The molecule has 3 aromatic rings. The molecule has 1 fully saturated rings. The summed E-state index contributed by atoms with van der Waals surface area (Å²) in [7, 11) is 1.04. The first-order valence-corrected chi connectivity index (χ1v) is 16.3. The number of alkyl carbamates (subject to hydrolysis) is 1. The second kappa shape index (κ2) is 18.3. The van der Waals surface area contributed by atoms with E-state index in [-0.39, 0.29) is 54.9 Å². The van der Waals surface area contributed by atoms with Crippen LogP contribution in [0.25, 0.3) is 0 Å². The highest BCUT2D eigenvalue weighted by Crippen LogP contribution is 2.34. The largest absolute Gasteiger partial charge is 0.573 e. The third kappa shape index (κ3) is 13.0. The monoisotopic (exact) mass is 760 g/mol. The molecule has 0 saturated carbocycles. The molecule has 9 nitrogen and oxygen atoms in total. The van der Waals surface area contributed by atoms with Crippen LogP contribution in [0.4, 0.5) is 39.9 Å². The van der Waals surface area contributed by atoms with Crippen LogP contribution >= 0.6 is 0 Å². The first-order valence-electron chi connectivity index (χ1n) is 16.3. The lowest BCUT2D eigenvalue weighted by Crippen LogP contribution is -2.49. The molecule has 0 aliphatic carbocycles. The van der Waals surface area contributed by atoms with Crippen molar-refractivity contribution in [3.63, 3.8) is 0 Å². The number of Topliss-reactive ketones (excluding diaryl/α,β-unsaturated/α-hetero) is 1. The van der Waals surface area contributed by atoms with Gasteiger partial charge in [-0.1, -0.05) is 36.4 Å². The van der Waals surface area contributed by atoms with Crippen molar-refractivity contribution < 1.29 is 68.5 Å². The van der Waals surface area contributed by atoms with Crippen molar-refractivity contribution in [3.8, 4) is 5.75 Å². The smallest absolute Gasteiger partial charge is 0.464 e. The second-order valence-corrected chi connectivity index (χ2v) is 12.2. The highest BCUT2D eigenvalue weighted by molar-refractivity contribution is 5.91. The van der Waals surface area contributed by atoms with Crippen LogP contribution in [-0.2, 0) is 36.6 Å². The van der Waals surface area contributed by atoms with Gasteiger partial charge in [-0.2, -0.15) is 13.2 Å². The molecule has 288 valence electrons. The lowest BCUT2D eigenvalue weighted by Gasteiger charge is -2.30. The number of nitrogens with one attached hydrogen (secondary N) is 2. The summed E-state index contributed by atoms with van der Waals surface area (Å²) in [5.74, 6) is -4.73. The van der Waals surface area contributed by atoms with Crippen LogP contribution in [0.3, 0.4) is 0 Å². The van der Waals surface area contributed by atoms with Crippen LogP contribution in [0, 0.1) is 11.6 Å². The third-order valence-electron chi connectivity index (χ3n) is 8.34. The normalized spacial score (nSPS) is 17.4. The Kier molecular flexibility index (Phi) is 14.2. The first kappa shape index (κ1) is 41.0. The number of esters is 1. The maximum absolute atomic E-state index is 15.3. The molecule has 1 heterocycles. The van der Waals surface area contributed by atoms with Crippen molar-refractivity contribution in [1.29, 1.82) is 0 Å². The van der Waals surface area contributed by atoms with Gasteiger partial charge >= 0.3 is 24.6 Å². The summed E-state index contributed by atoms with van der Waals surface area (Å²) < 4.78 is 125. The predicted octanol–water partition coefficient (Wildman–Crippen LogP) is 6.71. The number of hydrogen-bond acceptors (Lipinski definition) is 8. The summed E-state index contributed by atoms with van der Waals surface area (Å²) >= 11 is 0. The molecule has 4 rings (SSSR count). The van der Waals surface area contributed by atoms with Crippen molar-refractivity contribution in [2.24, 2.45) is 0 Å². The molecule has 0 bridgehead atoms. The van der Waals surface area contributed by atoms with Gasteiger partial charge in [-0.15, -0.1) is 13.2 Å². The minimum absolute atomic E-state index is 0.0562. The van der Waals surface area contributed by atoms with Gasteiger partial charge in [0.25, 0.3) is 0 Å². The average Bonchev–Trinajstić information content (AvgIpc) is 3.09. The van der Waals surface area contributed by atoms with E-state index in [4.69, 9.17) is 14.2 Å². The van der Waals surface area contributed by atoms with Crippen LogP contribution in [-0.4, -0.2) is 75.4 Å². The number of ketones is 1. The molecule has 3 aromatic carbocycles.